The van der Waals surface area contributed by atoms with Crippen molar-refractivity contribution in [2.24, 2.45) is 0 Å². The lowest BCUT2D eigenvalue weighted by Gasteiger charge is -2.13. The normalized spacial score (nSPS) is 11.3. The van der Waals surface area contributed by atoms with Gasteiger partial charge in [0.05, 0.1) is 28.6 Å². The number of carbonyl (C=O) groups is 2. The third-order valence-corrected chi connectivity index (χ3v) is 6.82. The third kappa shape index (κ3) is 8.35. The third-order valence-electron chi connectivity index (χ3n) is 5.31. The number of hydrogen-bond acceptors (Lipinski definition) is 6. The average Bonchev–Trinajstić information content (AvgIpc) is 3.34. The highest BCUT2D eigenvalue weighted by atomic mass is 35.5. The standard InChI is InChI=1S/C26H19Cl2F4N5O3S/c27-16-2-8-19(9-3-16)40-13-23(38)33-12-22-35-36-25(37(22)18-6-4-17(29)5-7-18)41-14-24(39)34-21-11-15(26(30,31)32)1-10-20(21)28/h1-11H,12-14H2,(H,33,38)(H,34,39). The number of ether oxygens (including phenoxy) is 1. The Kier molecular flexibility index (Phi) is 9.73. The highest BCUT2D eigenvalue weighted by Crippen LogP contribution is 2.34. The summed E-state index contributed by atoms with van der Waals surface area (Å²) < 4.78 is 59.6. The van der Waals surface area contributed by atoms with Crippen LogP contribution in [0.25, 0.3) is 5.69 Å². The highest BCUT2D eigenvalue weighted by Gasteiger charge is 2.31. The van der Waals surface area contributed by atoms with Crippen molar-refractivity contribution in [1.29, 1.82) is 0 Å². The van der Waals surface area contributed by atoms with Gasteiger partial charge in [-0.05, 0) is 66.7 Å². The summed E-state index contributed by atoms with van der Waals surface area (Å²) in [6, 6.07) is 14.4. The number of amides is 2. The molecule has 0 aliphatic heterocycles. The van der Waals surface area contributed by atoms with Gasteiger partial charge in [0.2, 0.25) is 5.91 Å². The van der Waals surface area contributed by atoms with Crippen LogP contribution >= 0.6 is 35.0 Å². The smallest absolute Gasteiger partial charge is 0.416 e. The Morgan fingerprint density at radius 1 is 0.951 bits per heavy atom. The van der Waals surface area contributed by atoms with Crippen LogP contribution in [0.5, 0.6) is 5.75 Å². The lowest BCUT2D eigenvalue weighted by atomic mass is 10.2. The lowest BCUT2D eigenvalue weighted by Crippen LogP contribution is -2.29. The Morgan fingerprint density at radius 3 is 2.34 bits per heavy atom. The molecule has 4 rings (SSSR count). The number of carbonyl (C=O) groups excluding carboxylic acids is 2. The Bertz CT molecular complexity index is 1530. The number of thioether (sulfide) groups is 1. The van der Waals surface area contributed by atoms with Crippen molar-refractivity contribution in [3.05, 3.63) is 94.0 Å². The van der Waals surface area contributed by atoms with Gasteiger partial charge >= 0.3 is 6.18 Å². The molecule has 0 saturated carbocycles. The molecule has 0 aliphatic rings. The molecule has 0 spiro atoms. The van der Waals surface area contributed by atoms with Gasteiger partial charge in [-0.25, -0.2) is 4.39 Å². The number of hydrogen-bond donors (Lipinski definition) is 2. The Hall–Kier alpha value is -3.81. The van der Waals surface area contributed by atoms with Crippen molar-refractivity contribution < 1.29 is 31.9 Å². The fourth-order valence-electron chi connectivity index (χ4n) is 3.38. The minimum Gasteiger partial charge on any atom is -0.484 e. The molecular weight excluding hydrogens is 609 g/mol. The molecule has 15 heteroatoms. The first-order chi connectivity index (χ1) is 19.5. The van der Waals surface area contributed by atoms with Crippen molar-refractivity contribution in [2.45, 2.75) is 17.9 Å². The summed E-state index contributed by atoms with van der Waals surface area (Å²) in [4.78, 5) is 24.9. The van der Waals surface area contributed by atoms with Crippen molar-refractivity contribution in [3.8, 4) is 11.4 Å². The van der Waals surface area contributed by atoms with E-state index in [-0.39, 0.29) is 40.6 Å². The maximum atomic E-state index is 13.6. The van der Waals surface area contributed by atoms with Crippen LogP contribution in [-0.4, -0.2) is 38.9 Å². The van der Waals surface area contributed by atoms with Crippen LogP contribution < -0.4 is 15.4 Å². The molecule has 0 radical (unpaired) electrons. The zero-order valence-corrected chi connectivity index (χ0v) is 23.0. The van der Waals surface area contributed by atoms with Crippen LogP contribution in [0.3, 0.4) is 0 Å². The number of alkyl halides is 3. The molecule has 214 valence electrons. The fourth-order valence-corrected chi connectivity index (χ4v) is 4.44. The van der Waals surface area contributed by atoms with Gasteiger partial charge in [-0.1, -0.05) is 35.0 Å². The summed E-state index contributed by atoms with van der Waals surface area (Å²) in [6.45, 7) is -0.369. The molecule has 2 N–H and O–H groups in total. The van der Waals surface area contributed by atoms with E-state index < -0.39 is 29.4 Å². The van der Waals surface area contributed by atoms with E-state index >= 15 is 0 Å². The minimum absolute atomic E-state index is 0.0658. The van der Waals surface area contributed by atoms with E-state index in [1.54, 1.807) is 24.3 Å². The maximum Gasteiger partial charge on any atom is 0.416 e. The van der Waals surface area contributed by atoms with E-state index in [0.717, 1.165) is 30.0 Å². The molecular formula is C26H19Cl2F4N5O3S. The van der Waals surface area contributed by atoms with Gasteiger partial charge in [-0.2, -0.15) is 13.2 Å². The van der Waals surface area contributed by atoms with E-state index in [2.05, 4.69) is 20.8 Å². The summed E-state index contributed by atoms with van der Waals surface area (Å²) in [6.07, 6.45) is -4.61. The highest BCUT2D eigenvalue weighted by molar-refractivity contribution is 7.99. The minimum atomic E-state index is -4.61. The average molecular weight is 628 g/mol. The first-order valence-corrected chi connectivity index (χ1v) is 13.4. The fraction of sp³-hybridized carbons (Fsp3) is 0.154. The molecule has 0 saturated heterocycles. The number of anilines is 1. The zero-order chi connectivity index (χ0) is 29.6. The molecule has 0 unspecified atom stereocenters. The van der Waals surface area contributed by atoms with Crippen molar-refractivity contribution >= 4 is 52.5 Å². The molecule has 8 nitrogen and oxygen atoms in total. The Balaban J connectivity index is 1.43. The van der Waals surface area contributed by atoms with Crippen LogP contribution in [0.2, 0.25) is 10.0 Å². The van der Waals surface area contributed by atoms with E-state index in [4.69, 9.17) is 27.9 Å². The number of nitrogens with one attached hydrogen (secondary N) is 2. The predicted molar refractivity (Wildman–Crippen MR) is 146 cm³/mol. The van der Waals surface area contributed by atoms with Crippen molar-refractivity contribution in [1.82, 2.24) is 20.1 Å². The second-order valence-electron chi connectivity index (χ2n) is 8.26. The van der Waals surface area contributed by atoms with Gasteiger partial charge in [-0.15, -0.1) is 10.2 Å². The van der Waals surface area contributed by atoms with Crippen LogP contribution in [0.15, 0.2) is 71.9 Å². The van der Waals surface area contributed by atoms with Gasteiger partial charge in [-0.3, -0.25) is 14.2 Å². The second kappa shape index (κ2) is 13.2. The van der Waals surface area contributed by atoms with Crippen LogP contribution in [0.1, 0.15) is 11.4 Å². The SMILES string of the molecule is O=C(COc1ccc(Cl)cc1)NCc1nnc(SCC(=O)Nc2cc(C(F)(F)F)ccc2Cl)n1-c1ccc(F)cc1. The molecule has 0 fully saturated rings. The van der Waals surface area contributed by atoms with Gasteiger partial charge in [0.15, 0.2) is 17.6 Å². The molecule has 2 amide bonds. The van der Waals surface area contributed by atoms with Gasteiger partial charge in [0, 0.05) is 10.7 Å². The Morgan fingerprint density at radius 2 is 1.66 bits per heavy atom. The molecule has 4 aromatic rings. The number of nitrogens with zero attached hydrogens (tertiary/aromatic N) is 3. The molecule has 3 aromatic carbocycles. The van der Waals surface area contributed by atoms with E-state index in [1.165, 1.54) is 28.8 Å². The first kappa shape index (κ1) is 30.2. The molecule has 41 heavy (non-hydrogen) atoms. The van der Waals surface area contributed by atoms with Gasteiger partial charge < -0.3 is 15.4 Å². The first-order valence-electron chi connectivity index (χ1n) is 11.6. The van der Waals surface area contributed by atoms with Crippen molar-refractivity contribution in [2.75, 3.05) is 17.7 Å². The number of rotatable bonds is 10. The molecule has 0 aliphatic carbocycles. The topological polar surface area (TPSA) is 98.1 Å². The quantitative estimate of drug-likeness (QED) is 0.161. The second-order valence-corrected chi connectivity index (χ2v) is 10.0. The van der Waals surface area contributed by atoms with E-state index in [9.17, 15) is 27.2 Å². The molecule has 0 bridgehead atoms. The summed E-state index contributed by atoms with van der Waals surface area (Å²) in [7, 11) is 0. The van der Waals surface area contributed by atoms with Gasteiger partial charge in [0.25, 0.3) is 5.91 Å². The number of benzene rings is 3. The van der Waals surface area contributed by atoms with Crippen molar-refractivity contribution in [3.63, 3.8) is 0 Å². The summed E-state index contributed by atoms with van der Waals surface area (Å²) in [5, 5.41) is 13.8. The zero-order valence-electron chi connectivity index (χ0n) is 20.7. The predicted octanol–water partition coefficient (Wildman–Crippen LogP) is 6.16. The van der Waals surface area contributed by atoms with Gasteiger partial charge in [0.1, 0.15) is 11.6 Å². The summed E-state index contributed by atoms with van der Waals surface area (Å²) in [5.74, 6) is -1.16. The van der Waals surface area contributed by atoms with Crippen LogP contribution in [0, 0.1) is 5.82 Å². The van der Waals surface area contributed by atoms with Crippen LogP contribution in [0.4, 0.5) is 23.2 Å². The molecule has 1 aromatic heterocycles. The summed E-state index contributed by atoms with van der Waals surface area (Å²) in [5.41, 5.74) is -0.718. The summed E-state index contributed by atoms with van der Waals surface area (Å²) >= 11 is 12.7. The number of aromatic nitrogens is 3. The van der Waals surface area contributed by atoms with E-state index in [0.29, 0.717) is 16.5 Å². The van der Waals surface area contributed by atoms with Crippen LogP contribution in [-0.2, 0) is 22.3 Å². The molecule has 0 atom stereocenters. The molecule has 1 heterocycles. The Labute approximate surface area is 245 Å². The number of halogens is 6. The maximum absolute atomic E-state index is 13.6. The monoisotopic (exact) mass is 627 g/mol. The van der Waals surface area contributed by atoms with E-state index in [1.807, 2.05) is 0 Å². The lowest BCUT2D eigenvalue weighted by molar-refractivity contribution is -0.137. The largest absolute Gasteiger partial charge is 0.484 e.